The third kappa shape index (κ3) is 10.2. The summed E-state index contributed by atoms with van der Waals surface area (Å²) in [5, 5.41) is 19.6. The van der Waals surface area contributed by atoms with Crippen LogP contribution < -0.4 is 17.7 Å². The number of carboxylic acids is 1. The maximum atomic E-state index is 10.1. The molecule has 1 aliphatic rings. The highest BCUT2D eigenvalue weighted by molar-refractivity contribution is 5.73. The lowest BCUT2D eigenvalue weighted by atomic mass is 10.2. The van der Waals surface area contributed by atoms with Crippen LogP contribution in [0, 0.1) is 0 Å². The van der Waals surface area contributed by atoms with E-state index in [-0.39, 0.29) is 25.1 Å². The number of aliphatic hydroxyl groups is 1. The maximum Gasteiger partial charge on any atom is 0.320 e. The Morgan fingerprint density at radius 2 is 2.00 bits per heavy atom. The van der Waals surface area contributed by atoms with Gasteiger partial charge in [0.2, 0.25) is 0 Å². The smallest absolute Gasteiger partial charge is 0.320 e. The van der Waals surface area contributed by atoms with Crippen LogP contribution in [0.15, 0.2) is 0 Å². The molecule has 3 N–H and O–H groups in total. The maximum absolute atomic E-state index is 10.1. The van der Waals surface area contributed by atoms with Crippen LogP contribution in [0.2, 0.25) is 0 Å². The number of carbonyl (C=O) groups is 1. The Labute approximate surface area is 103 Å². The molecule has 0 radical (unpaired) electrons. The monoisotopic (exact) mass is 254 g/mol. The lowest BCUT2D eigenvalue weighted by molar-refractivity contribution is -0.870. The van der Waals surface area contributed by atoms with Crippen molar-refractivity contribution in [1.29, 1.82) is 0 Å². The second-order valence-corrected chi connectivity index (χ2v) is 4.72. The lowest BCUT2D eigenvalue weighted by Crippen LogP contribution is -3.00. The van der Waals surface area contributed by atoms with Gasteiger partial charge in [0, 0.05) is 0 Å². The first-order valence-electron chi connectivity index (χ1n) is 5.24. The molecule has 0 aromatic carbocycles. The number of hydrogen-bond acceptors (Lipinski definition) is 3. The summed E-state index contributed by atoms with van der Waals surface area (Å²) >= 11 is 0. The van der Waals surface area contributed by atoms with Gasteiger partial charge >= 0.3 is 5.97 Å². The fourth-order valence-corrected chi connectivity index (χ4v) is 1.20. The van der Waals surface area contributed by atoms with Gasteiger partial charge in [0.15, 0.2) is 0 Å². The number of likely N-dealkylation sites (N-methyl/N-ethyl adjacent to an activating group) is 1. The molecule has 16 heavy (non-hydrogen) atoms. The molecule has 0 bridgehead atoms. The SMILES string of the molecule is C[N+](C)(C)CCO.O=C(O)[C@@H]1CCCN1.[Cl-]. The highest BCUT2D eigenvalue weighted by Crippen LogP contribution is 2.03. The summed E-state index contributed by atoms with van der Waals surface area (Å²) in [4.78, 5) is 10.1. The summed E-state index contributed by atoms with van der Waals surface area (Å²) in [6.45, 7) is 1.97. The van der Waals surface area contributed by atoms with Crippen LogP contribution in [-0.4, -0.2) is 67.5 Å². The number of hydrogen-bond donors (Lipinski definition) is 3. The van der Waals surface area contributed by atoms with E-state index < -0.39 is 5.97 Å². The quantitative estimate of drug-likeness (QED) is 0.458. The molecule has 6 heteroatoms. The number of rotatable bonds is 3. The predicted molar refractivity (Wildman–Crippen MR) is 58.6 cm³/mol. The van der Waals surface area contributed by atoms with Crippen LogP contribution in [0.5, 0.6) is 0 Å². The third-order valence-electron chi connectivity index (χ3n) is 2.13. The van der Waals surface area contributed by atoms with E-state index in [0.717, 1.165) is 30.4 Å². The van der Waals surface area contributed by atoms with Crippen LogP contribution >= 0.6 is 0 Å². The molecule has 1 saturated heterocycles. The first-order valence-corrected chi connectivity index (χ1v) is 5.24. The van der Waals surface area contributed by atoms with E-state index in [4.69, 9.17) is 10.2 Å². The lowest BCUT2D eigenvalue weighted by Gasteiger charge is -2.21. The molecule has 0 unspecified atom stereocenters. The van der Waals surface area contributed by atoms with E-state index >= 15 is 0 Å². The minimum absolute atomic E-state index is 0. The number of aliphatic carboxylic acids is 1. The van der Waals surface area contributed by atoms with Crippen LogP contribution in [0.25, 0.3) is 0 Å². The molecule has 0 saturated carbocycles. The standard InChI is InChI=1S/C5H9NO2.C5H14NO.ClH/c7-5(8)4-2-1-3-6-4;1-6(2,3)4-5-7;/h4,6H,1-3H2,(H,7,8);7H,4-5H2,1-3H3;1H/q;+1;/p-1/t4-;;/m0../s1. The second-order valence-electron chi connectivity index (χ2n) is 4.72. The average molecular weight is 255 g/mol. The zero-order valence-corrected chi connectivity index (χ0v) is 11.0. The minimum Gasteiger partial charge on any atom is -1.00 e. The number of nitrogens with one attached hydrogen (secondary N) is 1. The Balaban J connectivity index is 0. The number of nitrogens with zero attached hydrogens (tertiary/aromatic N) is 1. The van der Waals surface area contributed by atoms with Crippen molar-refractivity contribution >= 4 is 5.97 Å². The number of halogens is 1. The molecule has 1 aliphatic heterocycles. The Kier molecular flexibility index (Phi) is 9.86. The van der Waals surface area contributed by atoms with Crippen molar-refractivity contribution in [3.8, 4) is 0 Å². The second kappa shape index (κ2) is 8.75. The molecular formula is C10H23ClN2O3. The van der Waals surface area contributed by atoms with Gasteiger partial charge in [-0.15, -0.1) is 0 Å². The summed E-state index contributed by atoms with van der Waals surface area (Å²) in [5.74, 6) is -0.720. The Morgan fingerprint density at radius 3 is 2.12 bits per heavy atom. The van der Waals surface area contributed by atoms with Gasteiger partial charge in [0.25, 0.3) is 0 Å². The highest BCUT2D eigenvalue weighted by atomic mass is 35.5. The van der Waals surface area contributed by atoms with Crippen LogP contribution in [0.3, 0.4) is 0 Å². The first-order chi connectivity index (χ1) is 6.87. The van der Waals surface area contributed by atoms with Crippen LogP contribution in [0.1, 0.15) is 12.8 Å². The van der Waals surface area contributed by atoms with E-state index in [1.165, 1.54) is 0 Å². The van der Waals surface area contributed by atoms with Crippen LogP contribution in [0.4, 0.5) is 0 Å². The zero-order valence-electron chi connectivity index (χ0n) is 10.2. The van der Waals surface area contributed by atoms with Crippen molar-refractivity contribution in [3.05, 3.63) is 0 Å². The summed E-state index contributed by atoms with van der Waals surface area (Å²) in [7, 11) is 6.16. The minimum atomic E-state index is -0.720. The number of quaternary nitrogens is 1. The number of carboxylic acid groups (broad SMARTS) is 1. The van der Waals surface area contributed by atoms with Crippen LogP contribution in [-0.2, 0) is 4.79 Å². The Bertz CT molecular complexity index is 189. The topological polar surface area (TPSA) is 69.6 Å². The molecule has 0 spiro atoms. The molecule has 0 amide bonds. The normalized spacial score (nSPS) is 19.4. The summed E-state index contributed by atoms with van der Waals surface area (Å²) in [5.41, 5.74) is 0. The molecule has 1 atom stereocenters. The van der Waals surface area contributed by atoms with Crippen molar-refractivity contribution in [2.75, 3.05) is 40.8 Å². The van der Waals surface area contributed by atoms with Gasteiger partial charge in [-0.1, -0.05) is 0 Å². The van der Waals surface area contributed by atoms with E-state index in [1.54, 1.807) is 0 Å². The van der Waals surface area contributed by atoms with E-state index in [1.807, 2.05) is 0 Å². The molecular weight excluding hydrogens is 232 g/mol. The third-order valence-corrected chi connectivity index (χ3v) is 2.13. The van der Waals surface area contributed by atoms with Gasteiger partial charge in [0.05, 0.1) is 27.7 Å². The predicted octanol–water partition coefficient (Wildman–Crippen LogP) is -3.49. The molecule has 1 fully saturated rings. The van der Waals surface area contributed by atoms with E-state index in [9.17, 15) is 4.79 Å². The Hall–Kier alpha value is -0.360. The molecule has 0 aromatic heterocycles. The molecule has 0 aromatic rings. The van der Waals surface area contributed by atoms with Gasteiger partial charge in [-0.3, -0.25) is 4.79 Å². The Morgan fingerprint density at radius 1 is 1.44 bits per heavy atom. The molecule has 98 valence electrons. The van der Waals surface area contributed by atoms with Gasteiger partial charge < -0.3 is 32.4 Å². The van der Waals surface area contributed by atoms with Crippen molar-refractivity contribution in [1.82, 2.24) is 5.32 Å². The van der Waals surface area contributed by atoms with Crippen molar-refractivity contribution < 1.29 is 31.9 Å². The van der Waals surface area contributed by atoms with E-state index in [0.29, 0.717) is 0 Å². The van der Waals surface area contributed by atoms with Crippen molar-refractivity contribution in [2.45, 2.75) is 18.9 Å². The van der Waals surface area contributed by atoms with Gasteiger partial charge in [0.1, 0.15) is 12.6 Å². The molecule has 1 rings (SSSR count). The largest absolute Gasteiger partial charge is 1.00 e. The average Bonchev–Trinajstić information content (AvgIpc) is 2.53. The fourth-order valence-electron chi connectivity index (χ4n) is 1.20. The van der Waals surface area contributed by atoms with Gasteiger partial charge in [-0.05, 0) is 19.4 Å². The fraction of sp³-hybridized carbons (Fsp3) is 0.900. The van der Waals surface area contributed by atoms with E-state index in [2.05, 4.69) is 26.5 Å². The van der Waals surface area contributed by atoms with Gasteiger partial charge in [-0.2, -0.15) is 0 Å². The summed E-state index contributed by atoms with van der Waals surface area (Å²) in [6, 6.07) is -0.269. The zero-order chi connectivity index (χ0) is 11.9. The molecule has 0 aliphatic carbocycles. The summed E-state index contributed by atoms with van der Waals surface area (Å²) in [6.07, 6.45) is 1.78. The number of aliphatic hydroxyl groups excluding tert-OH is 1. The van der Waals surface area contributed by atoms with Crippen molar-refractivity contribution in [2.24, 2.45) is 0 Å². The van der Waals surface area contributed by atoms with Gasteiger partial charge in [-0.25, -0.2) is 0 Å². The molecule has 5 nitrogen and oxygen atoms in total. The first kappa shape index (κ1) is 18.0. The summed E-state index contributed by atoms with van der Waals surface area (Å²) < 4.78 is 0.844. The molecule has 1 heterocycles. The van der Waals surface area contributed by atoms with Crippen molar-refractivity contribution in [3.63, 3.8) is 0 Å². The highest BCUT2D eigenvalue weighted by Gasteiger charge is 2.20.